The molecule has 3 N–H and O–H groups in total. The summed E-state index contributed by atoms with van der Waals surface area (Å²) in [6, 6.07) is 34.0. The second-order valence-electron chi connectivity index (χ2n) is 16.7. The van der Waals surface area contributed by atoms with Crippen molar-refractivity contribution in [3.63, 3.8) is 0 Å². The smallest absolute Gasteiger partial charge is 0.407 e. The summed E-state index contributed by atoms with van der Waals surface area (Å²) < 4.78 is 0. The van der Waals surface area contributed by atoms with Crippen molar-refractivity contribution in [1.82, 2.24) is 30.0 Å². The van der Waals surface area contributed by atoms with E-state index in [2.05, 4.69) is 15.3 Å². The van der Waals surface area contributed by atoms with E-state index in [1.165, 1.54) is 4.90 Å². The second kappa shape index (κ2) is 19.1. The summed E-state index contributed by atoms with van der Waals surface area (Å²) in [6.45, 7) is 11.0. The average molecular weight is 797 g/mol. The van der Waals surface area contributed by atoms with E-state index in [0.29, 0.717) is 26.1 Å². The minimum Gasteiger partial charge on any atom is -0.465 e. The number of carbonyl (C=O) groups excluding carboxylic acids is 2. The first kappa shape index (κ1) is 42.5. The van der Waals surface area contributed by atoms with Crippen LogP contribution in [0.2, 0.25) is 0 Å². The van der Waals surface area contributed by atoms with Crippen LogP contribution >= 0.6 is 0 Å². The highest BCUT2D eigenvalue weighted by molar-refractivity contribution is 5.89. The number of aromatic nitrogens is 2. The molecule has 0 aliphatic carbocycles. The van der Waals surface area contributed by atoms with Gasteiger partial charge in [0.05, 0.1) is 30.1 Å². The minimum atomic E-state index is -1.18. The predicted octanol–water partition coefficient (Wildman–Crippen LogP) is 7.68. The number of urea groups is 1. The van der Waals surface area contributed by atoms with Gasteiger partial charge in [0.2, 0.25) is 5.91 Å². The SMILES string of the molecule is Cc1ccnc(-c2ccc(C[C@@H]([C@H](O)C[C@H](Cc3ccccc3)NC(=O)[C@@H](N3CCN(Cc4cccc(C)n4)C3=O)C(C)(C)C)N(Cc3ccccc3)C(=O)O)cc2)c1. The highest BCUT2D eigenvalue weighted by Gasteiger charge is 2.44. The Balaban J connectivity index is 1.27. The van der Waals surface area contributed by atoms with Crippen molar-refractivity contribution >= 4 is 18.0 Å². The van der Waals surface area contributed by atoms with Crippen molar-refractivity contribution in [2.75, 3.05) is 13.1 Å². The Morgan fingerprint density at radius 1 is 0.831 bits per heavy atom. The van der Waals surface area contributed by atoms with Gasteiger partial charge in [-0.05, 0) is 85.0 Å². The number of pyridine rings is 2. The van der Waals surface area contributed by atoms with Crippen molar-refractivity contribution < 1.29 is 24.6 Å². The Kier molecular flexibility index (Phi) is 13.8. The van der Waals surface area contributed by atoms with Crippen LogP contribution in [0.5, 0.6) is 0 Å². The topological polar surface area (TPSA) is 139 Å². The molecule has 6 rings (SSSR count). The maximum absolute atomic E-state index is 14.6. The van der Waals surface area contributed by atoms with Crippen LogP contribution in [-0.4, -0.2) is 90.2 Å². The Morgan fingerprint density at radius 2 is 1.49 bits per heavy atom. The molecule has 4 atom stereocenters. The number of benzene rings is 3. The normalized spacial score (nSPS) is 15.1. The third-order valence-corrected chi connectivity index (χ3v) is 10.9. The van der Waals surface area contributed by atoms with E-state index in [-0.39, 0.29) is 31.3 Å². The molecule has 1 aliphatic rings. The van der Waals surface area contributed by atoms with Gasteiger partial charge in [-0.15, -0.1) is 0 Å². The zero-order chi connectivity index (χ0) is 42.1. The van der Waals surface area contributed by atoms with Crippen LogP contribution in [-0.2, 0) is 30.7 Å². The molecule has 1 aliphatic heterocycles. The Hall–Kier alpha value is -6.07. The highest BCUT2D eigenvalue weighted by atomic mass is 16.4. The van der Waals surface area contributed by atoms with Crippen LogP contribution in [0.3, 0.4) is 0 Å². The summed E-state index contributed by atoms with van der Waals surface area (Å²) in [5.74, 6) is -0.328. The quantitative estimate of drug-likeness (QED) is 0.0931. The van der Waals surface area contributed by atoms with Gasteiger partial charge in [-0.2, -0.15) is 0 Å². The van der Waals surface area contributed by atoms with E-state index >= 15 is 0 Å². The molecule has 0 spiro atoms. The van der Waals surface area contributed by atoms with E-state index in [1.807, 2.05) is 150 Å². The zero-order valence-corrected chi connectivity index (χ0v) is 34.7. The zero-order valence-electron chi connectivity index (χ0n) is 34.7. The van der Waals surface area contributed by atoms with Crippen LogP contribution in [0, 0.1) is 19.3 Å². The third-order valence-electron chi connectivity index (χ3n) is 10.9. The second-order valence-corrected chi connectivity index (χ2v) is 16.7. The van der Waals surface area contributed by atoms with Crippen molar-refractivity contribution in [1.29, 1.82) is 0 Å². The lowest BCUT2D eigenvalue weighted by Gasteiger charge is -2.38. The molecule has 308 valence electrons. The van der Waals surface area contributed by atoms with E-state index < -0.39 is 35.7 Å². The first-order valence-corrected chi connectivity index (χ1v) is 20.3. The third kappa shape index (κ3) is 11.3. The molecule has 0 unspecified atom stereocenters. The molecule has 3 heterocycles. The molecule has 0 saturated carbocycles. The van der Waals surface area contributed by atoms with Crippen molar-refractivity contribution in [3.8, 4) is 11.3 Å². The lowest BCUT2D eigenvalue weighted by Crippen LogP contribution is -2.57. The van der Waals surface area contributed by atoms with Gasteiger partial charge < -0.3 is 25.3 Å². The minimum absolute atomic E-state index is 0.0606. The number of aliphatic hydroxyl groups is 1. The molecule has 4 amide bonds. The number of aryl methyl sites for hydroxylation is 2. The molecule has 0 radical (unpaired) electrons. The number of carboxylic acid groups (broad SMARTS) is 1. The number of hydrogen-bond donors (Lipinski definition) is 3. The fourth-order valence-corrected chi connectivity index (χ4v) is 8.00. The molecule has 2 aromatic heterocycles. The number of carbonyl (C=O) groups is 3. The number of nitrogens with zero attached hydrogens (tertiary/aromatic N) is 5. The Morgan fingerprint density at radius 3 is 2.12 bits per heavy atom. The van der Waals surface area contributed by atoms with E-state index in [4.69, 9.17) is 0 Å². The largest absolute Gasteiger partial charge is 0.465 e. The number of nitrogens with one attached hydrogen (secondary N) is 1. The number of rotatable bonds is 16. The van der Waals surface area contributed by atoms with Gasteiger partial charge in [0, 0.05) is 43.1 Å². The summed E-state index contributed by atoms with van der Waals surface area (Å²) in [5, 5.41) is 26.2. The van der Waals surface area contributed by atoms with Gasteiger partial charge in [0.25, 0.3) is 0 Å². The van der Waals surface area contributed by atoms with Crippen LogP contribution < -0.4 is 5.32 Å². The molecular formula is C48H56N6O5. The molecule has 0 bridgehead atoms. The molecule has 1 saturated heterocycles. The van der Waals surface area contributed by atoms with Crippen LogP contribution in [0.25, 0.3) is 11.3 Å². The highest BCUT2D eigenvalue weighted by Crippen LogP contribution is 2.30. The summed E-state index contributed by atoms with van der Waals surface area (Å²) in [5.41, 5.74) is 6.46. The monoisotopic (exact) mass is 796 g/mol. The Labute approximate surface area is 347 Å². The van der Waals surface area contributed by atoms with E-state index in [0.717, 1.165) is 44.9 Å². The summed E-state index contributed by atoms with van der Waals surface area (Å²) >= 11 is 0. The average Bonchev–Trinajstić information content (AvgIpc) is 3.54. The number of amides is 4. The molecular weight excluding hydrogens is 741 g/mol. The summed E-state index contributed by atoms with van der Waals surface area (Å²) in [7, 11) is 0. The molecule has 11 nitrogen and oxygen atoms in total. The maximum atomic E-state index is 14.6. The summed E-state index contributed by atoms with van der Waals surface area (Å²) in [6.07, 6.45) is 0.109. The lowest BCUT2D eigenvalue weighted by molar-refractivity contribution is -0.129. The van der Waals surface area contributed by atoms with Crippen molar-refractivity contribution in [2.45, 2.75) is 91.2 Å². The predicted molar refractivity (Wildman–Crippen MR) is 229 cm³/mol. The van der Waals surface area contributed by atoms with Crippen LogP contribution in [0.1, 0.15) is 60.8 Å². The van der Waals surface area contributed by atoms with Crippen molar-refractivity contribution in [3.05, 3.63) is 155 Å². The first-order valence-electron chi connectivity index (χ1n) is 20.3. The maximum Gasteiger partial charge on any atom is 0.407 e. The molecule has 59 heavy (non-hydrogen) atoms. The molecule has 5 aromatic rings. The Bertz CT molecular complexity index is 2180. The molecule has 11 heteroatoms. The molecule has 3 aromatic carbocycles. The van der Waals surface area contributed by atoms with E-state index in [1.54, 1.807) is 16.0 Å². The summed E-state index contributed by atoms with van der Waals surface area (Å²) in [4.78, 5) is 55.4. The van der Waals surface area contributed by atoms with Gasteiger partial charge in [-0.25, -0.2) is 9.59 Å². The van der Waals surface area contributed by atoms with Crippen LogP contribution in [0.15, 0.2) is 121 Å². The molecule has 1 fully saturated rings. The van der Waals surface area contributed by atoms with E-state index in [9.17, 15) is 24.6 Å². The van der Waals surface area contributed by atoms with Gasteiger partial charge in [-0.1, -0.05) is 112 Å². The fraction of sp³-hybridized carbons (Fsp3) is 0.354. The van der Waals surface area contributed by atoms with Crippen LogP contribution in [0.4, 0.5) is 9.59 Å². The number of aliphatic hydroxyl groups excluding tert-OH is 1. The van der Waals surface area contributed by atoms with Gasteiger partial charge in [-0.3, -0.25) is 19.7 Å². The fourth-order valence-electron chi connectivity index (χ4n) is 8.00. The lowest BCUT2D eigenvalue weighted by atomic mass is 9.84. The van der Waals surface area contributed by atoms with Gasteiger partial charge in [0.1, 0.15) is 6.04 Å². The number of hydrogen-bond acceptors (Lipinski definition) is 6. The van der Waals surface area contributed by atoms with Crippen molar-refractivity contribution in [2.24, 2.45) is 5.41 Å². The first-order chi connectivity index (χ1) is 28.2. The van der Waals surface area contributed by atoms with Gasteiger partial charge >= 0.3 is 12.1 Å². The standard InChI is InChI=1S/C48H56N6O5/c1-33-23-24-49-41(27-33)38-21-19-36(20-22-38)29-42(54(47(58)59)31-37-16-10-7-11-17-37)43(55)30-40(28-35-14-8-6-9-15-35)51-45(56)44(48(3,4)5)53-26-25-52(46(53)57)32-39-18-12-13-34(2)50-39/h6-24,27,40,42-44,55H,25-26,28-32H2,1-5H3,(H,51,56)(H,58,59)/t40-,42-,43+,44+/m0/s1. The van der Waals surface area contributed by atoms with Gasteiger partial charge in [0.15, 0.2) is 0 Å².